The second-order valence-corrected chi connectivity index (χ2v) is 5.86. The number of benzene rings is 1. The van der Waals surface area contributed by atoms with Gasteiger partial charge in [0, 0.05) is 25.2 Å². The van der Waals surface area contributed by atoms with Crippen LogP contribution < -0.4 is 5.32 Å². The molecule has 0 aliphatic carbocycles. The number of rotatable bonds is 4. The van der Waals surface area contributed by atoms with Gasteiger partial charge in [0.05, 0.1) is 5.56 Å². The number of amides is 1. The number of nitrogens with one attached hydrogen (secondary N) is 1. The number of hydrogen-bond acceptors (Lipinski definition) is 3. The third-order valence-electron chi connectivity index (χ3n) is 4.26. The van der Waals surface area contributed by atoms with Gasteiger partial charge in [-0.05, 0) is 32.4 Å². The quantitative estimate of drug-likeness (QED) is 0.502. The highest BCUT2D eigenvalue weighted by Gasteiger charge is 2.36. The number of piperidine rings is 1. The van der Waals surface area contributed by atoms with Crippen molar-refractivity contribution in [2.75, 3.05) is 26.7 Å². The van der Waals surface area contributed by atoms with E-state index in [1.54, 1.807) is 0 Å². The SMILES string of the molecule is CN1CCC(CCO)(NC(=O)c2cc(F)c(F)c(F)c2F)CC1. The molecule has 0 saturated carbocycles. The van der Waals surface area contributed by atoms with Crippen LogP contribution in [0.4, 0.5) is 17.6 Å². The number of carbonyl (C=O) groups excluding carboxylic acids is 1. The van der Waals surface area contributed by atoms with E-state index in [1.165, 1.54) is 0 Å². The fraction of sp³-hybridized carbons (Fsp3) is 0.533. The van der Waals surface area contributed by atoms with Crippen LogP contribution in [0.3, 0.4) is 0 Å². The zero-order chi connectivity index (χ0) is 17.2. The summed E-state index contributed by atoms with van der Waals surface area (Å²) in [6.45, 7) is 1.10. The number of carbonyl (C=O) groups is 1. The molecule has 2 rings (SSSR count). The van der Waals surface area contributed by atoms with Crippen molar-refractivity contribution in [3.63, 3.8) is 0 Å². The van der Waals surface area contributed by atoms with E-state index in [9.17, 15) is 27.5 Å². The molecule has 1 aromatic carbocycles. The van der Waals surface area contributed by atoms with Crippen LogP contribution in [0.1, 0.15) is 29.6 Å². The third kappa shape index (κ3) is 3.64. The van der Waals surface area contributed by atoms with Crippen molar-refractivity contribution < 1.29 is 27.5 Å². The van der Waals surface area contributed by atoms with Gasteiger partial charge in [-0.25, -0.2) is 17.6 Å². The molecule has 4 nitrogen and oxygen atoms in total. The Morgan fingerprint density at radius 3 is 2.39 bits per heavy atom. The Morgan fingerprint density at radius 1 is 1.22 bits per heavy atom. The Balaban J connectivity index is 2.26. The average Bonchev–Trinajstić information content (AvgIpc) is 2.52. The Morgan fingerprint density at radius 2 is 1.83 bits per heavy atom. The standard InChI is InChI=1S/C15H18F4N2O2/c1-21-5-2-15(3-6-21,4-7-22)20-14(23)9-8-10(16)12(18)13(19)11(9)17/h8,22H,2-7H2,1H3,(H,20,23). The largest absolute Gasteiger partial charge is 0.396 e. The highest BCUT2D eigenvalue weighted by molar-refractivity contribution is 5.95. The zero-order valence-electron chi connectivity index (χ0n) is 12.6. The first-order valence-corrected chi connectivity index (χ1v) is 7.24. The summed E-state index contributed by atoms with van der Waals surface area (Å²) >= 11 is 0. The summed E-state index contributed by atoms with van der Waals surface area (Å²) in [6.07, 6.45) is 1.24. The van der Waals surface area contributed by atoms with Gasteiger partial charge in [-0.2, -0.15) is 0 Å². The summed E-state index contributed by atoms with van der Waals surface area (Å²) in [4.78, 5) is 14.2. The van der Waals surface area contributed by atoms with Crippen LogP contribution in [0.15, 0.2) is 6.07 Å². The number of aliphatic hydroxyl groups excluding tert-OH is 1. The van der Waals surface area contributed by atoms with Crippen molar-refractivity contribution in [2.45, 2.75) is 24.8 Å². The minimum atomic E-state index is -2.02. The molecule has 1 aliphatic rings. The maximum atomic E-state index is 13.7. The number of aliphatic hydroxyl groups is 1. The number of hydrogen-bond donors (Lipinski definition) is 2. The Labute approximate surface area is 131 Å². The molecule has 128 valence electrons. The highest BCUT2D eigenvalue weighted by Crippen LogP contribution is 2.26. The first-order valence-electron chi connectivity index (χ1n) is 7.24. The summed E-state index contributed by atoms with van der Waals surface area (Å²) in [7, 11) is 1.90. The molecular formula is C15H18F4N2O2. The minimum Gasteiger partial charge on any atom is -0.396 e. The first-order chi connectivity index (χ1) is 10.8. The molecule has 1 fully saturated rings. The molecule has 1 aliphatic heterocycles. The highest BCUT2D eigenvalue weighted by atomic mass is 19.2. The molecule has 1 amide bonds. The van der Waals surface area contributed by atoms with Crippen LogP contribution in [0.25, 0.3) is 0 Å². The van der Waals surface area contributed by atoms with Crippen molar-refractivity contribution in [3.05, 3.63) is 34.9 Å². The van der Waals surface area contributed by atoms with Crippen LogP contribution in [0.5, 0.6) is 0 Å². The second kappa shape index (κ2) is 6.84. The Bertz CT molecular complexity index is 602. The predicted molar refractivity (Wildman–Crippen MR) is 74.9 cm³/mol. The van der Waals surface area contributed by atoms with Crippen molar-refractivity contribution in [3.8, 4) is 0 Å². The van der Waals surface area contributed by atoms with E-state index in [2.05, 4.69) is 5.32 Å². The van der Waals surface area contributed by atoms with Crippen molar-refractivity contribution in [1.82, 2.24) is 10.2 Å². The predicted octanol–water partition coefficient (Wildman–Crippen LogP) is 1.82. The Kier molecular flexibility index (Phi) is 5.26. The van der Waals surface area contributed by atoms with Crippen molar-refractivity contribution >= 4 is 5.91 Å². The molecule has 0 bridgehead atoms. The molecule has 0 aromatic heterocycles. The monoisotopic (exact) mass is 334 g/mol. The zero-order valence-corrected chi connectivity index (χ0v) is 12.6. The Hall–Kier alpha value is -1.67. The first kappa shape index (κ1) is 17.7. The van der Waals surface area contributed by atoms with Crippen LogP contribution in [-0.4, -0.2) is 48.2 Å². The molecule has 1 aromatic rings. The van der Waals surface area contributed by atoms with E-state index in [0.717, 1.165) is 0 Å². The lowest BCUT2D eigenvalue weighted by Crippen LogP contribution is -2.55. The fourth-order valence-electron chi connectivity index (χ4n) is 2.74. The van der Waals surface area contributed by atoms with Gasteiger partial charge in [0.2, 0.25) is 0 Å². The molecule has 23 heavy (non-hydrogen) atoms. The number of nitrogens with zero attached hydrogens (tertiary/aromatic N) is 1. The van der Waals surface area contributed by atoms with Crippen LogP contribution in [0.2, 0.25) is 0 Å². The number of likely N-dealkylation sites (tertiary alicyclic amines) is 1. The second-order valence-electron chi connectivity index (χ2n) is 5.86. The van der Waals surface area contributed by atoms with Gasteiger partial charge in [-0.1, -0.05) is 0 Å². The smallest absolute Gasteiger partial charge is 0.254 e. The lowest BCUT2D eigenvalue weighted by atomic mass is 9.84. The lowest BCUT2D eigenvalue weighted by molar-refractivity contribution is 0.0773. The molecule has 8 heteroatoms. The lowest BCUT2D eigenvalue weighted by Gasteiger charge is -2.41. The van der Waals surface area contributed by atoms with Crippen molar-refractivity contribution in [1.29, 1.82) is 0 Å². The summed E-state index contributed by atoms with van der Waals surface area (Å²) in [5.74, 6) is -8.36. The minimum absolute atomic E-state index is 0.196. The summed E-state index contributed by atoms with van der Waals surface area (Å²) in [6, 6.07) is 0.338. The van der Waals surface area contributed by atoms with Crippen molar-refractivity contribution in [2.24, 2.45) is 0 Å². The van der Waals surface area contributed by atoms with Gasteiger partial charge < -0.3 is 15.3 Å². The van der Waals surface area contributed by atoms with E-state index in [0.29, 0.717) is 32.0 Å². The number of halogens is 4. The maximum absolute atomic E-state index is 13.7. The van der Waals surface area contributed by atoms with Gasteiger partial charge in [0.25, 0.3) is 5.91 Å². The van der Waals surface area contributed by atoms with E-state index < -0.39 is 40.3 Å². The fourth-order valence-corrected chi connectivity index (χ4v) is 2.74. The third-order valence-corrected chi connectivity index (χ3v) is 4.26. The van der Waals surface area contributed by atoms with E-state index in [4.69, 9.17) is 0 Å². The topological polar surface area (TPSA) is 52.6 Å². The molecule has 0 spiro atoms. The van der Waals surface area contributed by atoms with Gasteiger partial charge in [-0.3, -0.25) is 4.79 Å². The molecule has 0 atom stereocenters. The summed E-state index contributed by atoms with van der Waals surface area (Å²) in [5, 5.41) is 11.8. The summed E-state index contributed by atoms with van der Waals surface area (Å²) < 4.78 is 53.2. The van der Waals surface area contributed by atoms with Gasteiger partial charge >= 0.3 is 0 Å². The van der Waals surface area contributed by atoms with E-state index in [1.807, 2.05) is 11.9 Å². The van der Waals surface area contributed by atoms with Crippen LogP contribution in [0, 0.1) is 23.3 Å². The van der Waals surface area contributed by atoms with Gasteiger partial charge in [0.15, 0.2) is 23.3 Å². The summed E-state index contributed by atoms with van der Waals surface area (Å²) in [5.41, 5.74) is -1.68. The van der Waals surface area contributed by atoms with E-state index in [-0.39, 0.29) is 13.0 Å². The normalized spacial score (nSPS) is 18.0. The molecular weight excluding hydrogens is 316 g/mol. The van der Waals surface area contributed by atoms with Gasteiger partial charge in [0.1, 0.15) is 0 Å². The maximum Gasteiger partial charge on any atom is 0.254 e. The molecule has 2 N–H and O–H groups in total. The molecule has 1 heterocycles. The average molecular weight is 334 g/mol. The van der Waals surface area contributed by atoms with E-state index >= 15 is 0 Å². The molecule has 0 radical (unpaired) electrons. The van der Waals surface area contributed by atoms with Crippen LogP contribution in [-0.2, 0) is 0 Å². The molecule has 1 saturated heterocycles. The molecule has 0 unspecified atom stereocenters. The van der Waals surface area contributed by atoms with Gasteiger partial charge in [-0.15, -0.1) is 0 Å². The van der Waals surface area contributed by atoms with Crippen LogP contribution >= 0.6 is 0 Å².